The standard InChI is InChI=1S/C23H27ClN4O2S/c1-15-3-5-19(11-16(15)2)29-14-22-27-28-23(31-22)26-13-17-4-6-21(20(24)12-17)30-18-7-9-25-10-8-18/h3-6,11-12,18,25H,7-10,13-14H2,1-2H3,(H,26,28). The zero-order valence-electron chi connectivity index (χ0n) is 17.8. The molecule has 8 heteroatoms. The molecule has 2 heterocycles. The first-order valence-corrected chi connectivity index (χ1v) is 11.7. The number of ether oxygens (including phenoxy) is 2. The highest BCUT2D eigenvalue weighted by molar-refractivity contribution is 7.15. The number of hydrogen-bond acceptors (Lipinski definition) is 7. The van der Waals surface area contributed by atoms with E-state index < -0.39 is 0 Å². The van der Waals surface area contributed by atoms with Crippen molar-refractivity contribution in [3.63, 3.8) is 0 Å². The summed E-state index contributed by atoms with van der Waals surface area (Å²) < 4.78 is 11.9. The van der Waals surface area contributed by atoms with Gasteiger partial charge in [-0.25, -0.2) is 0 Å². The van der Waals surface area contributed by atoms with Crippen molar-refractivity contribution in [3.8, 4) is 11.5 Å². The first kappa shape index (κ1) is 21.9. The zero-order chi connectivity index (χ0) is 21.6. The van der Waals surface area contributed by atoms with Gasteiger partial charge in [0, 0.05) is 6.54 Å². The van der Waals surface area contributed by atoms with Gasteiger partial charge in [-0.2, -0.15) is 0 Å². The van der Waals surface area contributed by atoms with Crippen LogP contribution >= 0.6 is 22.9 Å². The average molecular weight is 459 g/mol. The van der Waals surface area contributed by atoms with Crippen molar-refractivity contribution in [2.45, 2.75) is 45.9 Å². The second-order valence-corrected chi connectivity index (χ2v) is 9.19. The number of piperidine rings is 1. The molecule has 1 aromatic heterocycles. The largest absolute Gasteiger partial charge is 0.489 e. The molecule has 2 aromatic carbocycles. The molecule has 0 bridgehead atoms. The Bertz CT molecular complexity index is 1020. The molecule has 0 aliphatic carbocycles. The van der Waals surface area contributed by atoms with Crippen LogP contribution in [0.2, 0.25) is 5.02 Å². The molecule has 0 unspecified atom stereocenters. The number of aromatic nitrogens is 2. The number of anilines is 1. The average Bonchev–Trinajstić information content (AvgIpc) is 3.23. The minimum absolute atomic E-state index is 0.230. The Morgan fingerprint density at radius 2 is 1.94 bits per heavy atom. The van der Waals surface area contributed by atoms with E-state index in [1.165, 1.54) is 22.5 Å². The number of nitrogens with zero attached hydrogens (tertiary/aromatic N) is 2. The Hall–Kier alpha value is -2.35. The fourth-order valence-corrected chi connectivity index (χ4v) is 4.25. The van der Waals surface area contributed by atoms with Crippen LogP contribution in [0.25, 0.3) is 0 Å². The van der Waals surface area contributed by atoms with Gasteiger partial charge < -0.3 is 20.1 Å². The molecule has 6 nitrogen and oxygen atoms in total. The lowest BCUT2D eigenvalue weighted by atomic mass is 10.1. The number of nitrogens with one attached hydrogen (secondary N) is 2. The summed E-state index contributed by atoms with van der Waals surface area (Å²) in [7, 11) is 0. The van der Waals surface area contributed by atoms with Crippen LogP contribution in [0, 0.1) is 13.8 Å². The highest BCUT2D eigenvalue weighted by atomic mass is 35.5. The predicted molar refractivity (Wildman–Crippen MR) is 125 cm³/mol. The molecule has 0 amide bonds. The van der Waals surface area contributed by atoms with Crippen molar-refractivity contribution >= 4 is 28.1 Å². The minimum Gasteiger partial charge on any atom is -0.489 e. The molecule has 3 aromatic rings. The second kappa shape index (κ2) is 10.3. The lowest BCUT2D eigenvalue weighted by Crippen LogP contribution is -2.34. The van der Waals surface area contributed by atoms with Gasteiger partial charge in [0.1, 0.15) is 24.2 Å². The summed E-state index contributed by atoms with van der Waals surface area (Å²) in [6.07, 6.45) is 2.24. The van der Waals surface area contributed by atoms with Crippen molar-refractivity contribution in [1.29, 1.82) is 0 Å². The van der Waals surface area contributed by atoms with Crippen LogP contribution in [0.1, 0.15) is 34.5 Å². The summed E-state index contributed by atoms with van der Waals surface area (Å²) in [5, 5.41) is 17.3. The smallest absolute Gasteiger partial charge is 0.206 e. The van der Waals surface area contributed by atoms with E-state index in [1.807, 2.05) is 30.3 Å². The topological polar surface area (TPSA) is 68.3 Å². The van der Waals surface area contributed by atoms with Crippen LogP contribution < -0.4 is 20.1 Å². The van der Waals surface area contributed by atoms with Gasteiger partial charge in [0.15, 0.2) is 5.01 Å². The van der Waals surface area contributed by atoms with Gasteiger partial charge in [0.05, 0.1) is 5.02 Å². The summed E-state index contributed by atoms with van der Waals surface area (Å²) in [4.78, 5) is 0. The number of halogens is 1. The fourth-order valence-electron chi connectivity index (χ4n) is 3.35. The third-order valence-corrected chi connectivity index (χ3v) is 6.48. The SMILES string of the molecule is Cc1ccc(OCc2nnc(NCc3ccc(OC4CCNCC4)c(Cl)c3)s2)cc1C. The van der Waals surface area contributed by atoms with Gasteiger partial charge in [-0.1, -0.05) is 35.1 Å². The molecule has 1 aliphatic heterocycles. The molecule has 1 saturated heterocycles. The molecule has 2 N–H and O–H groups in total. The molecular weight excluding hydrogens is 432 g/mol. The van der Waals surface area contributed by atoms with E-state index in [-0.39, 0.29) is 6.10 Å². The summed E-state index contributed by atoms with van der Waals surface area (Å²) in [6, 6.07) is 12.0. The summed E-state index contributed by atoms with van der Waals surface area (Å²) >= 11 is 7.93. The fraction of sp³-hybridized carbons (Fsp3) is 0.391. The highest BCUT2D eigenvalue weighted by Crippen LogP contribution is 2.28. The van der Waals surface area contributed by atoms with E-state index in [0.29, 0.717) is 18.2 Å². The normalized spacial score (nSPS) is 14.4. The lowest BCUT2D eigenvalue weighted by molar-refractivity contribution is 0.162. The number of rotatable bonds is 8. The zero-order valence-corrected chi connectivity index (χ0v) is 19.4. The quantitative estimate of drug-likeness (QED) is 0.487. The summed E-state index contributed by atoms with van der Waals surface area (Å²) in [5.74, 6) is 1.59. The van der Waals surface area contributed by atoms with Gasteiger partial charge in [-0.15, -0.1) is 10.2 Å². The molecule has 1 aliphatic rings. The van der Waals surface area contributed by atoms with Crippen molar-refractivity contribution in [3.05, 3.63) is 63.1 Å². The Labute approximate surface area is 192 Å². The predicted octanol–water partition coefficient (Wildman–Crippen LogP) is 5.13. The summed E-state index contributed by atoms with van der Waals surface area (Å²) in [5.41, 5.74) is 3.52. The van der Waals surface area contributed by atoms with Crippen LogP contribution in [0.4, 0.5) is 5.13 Å². The Kier molecular flexibility index (Phi) is 7.27. The van der Waals surface area contributed by atoms with Crippen LogP contribution in [0.3, 0.4) is 0 Å². The van der Waals surface area contributed by atoms with Crippen molar-refractivity contribution in [2.75, 3.05) is 18.4 Å². The molecule has 0 spiro atoms. The van der Waals surface area contributed by atoms with E-state index in [2.05, 4.69) is 40.7 Å². The summed E-state index contributed by atoms with van der Waals surface area (Å²) in [6.45, 7) is 7.15. The Morgan fingerprint density at radius 1 is 1.10 bits per heavy atom. The molecule has 31 heavy (non-hydrogen) atoms. The monoisotopic (exact) mass is 458 g/mol. The molecular formula is C23H27ClN4O2S. The number of benzene rings is 2. The first-order valence-electron chi connectivity index (χ1n) is 10.5. The third-order valence-electron chi connectivity index (χ3n) is 5.33. The van der Waals surface area contributed by atoms with Crippen LogP contribution in [-0.4, -0.2) is 29.4 Å². The third kappa shape index (κ3) is 6.09. The minimum atomic E-state index is 0.230. The van der Waals surface area contributed by atoms with E-state index in [9.17, 15) is 0 Å². The van der Waals surface area contributed by atoms with E-state index in [1.54, 1.807) is 0 Å². The van der Waals surface area contributed by atoms with E-state index in [4.69, 9.17) is 21.1 Å². The van der Waals surface area contributed by atoms with Crippen molar-refractivity contribution < 1.29 is 9.47 Å². The molecule has 164 valence electrons. The number of hydrogen-bond donors (Lipinski definition) is 2. The molecule has 0 saturated carbocycles. The maximum Gasteiger partial charge on any atom is 0.206 e. The van der Waals surface area contributed by atoms with Crippen LogP contribution in [0.5, 0.6) is 11.5 Å². The maximum absolute atomic E-state index is 6.44. The lowest BCUT2D eigenvalue weighted by Gasteiger charge is -2.24. The molecule has 4 rings (SSSR count). The van der Waals surface area contributed by atoms with Crippen LogP contribution in [0.15, 0.2) is 36.4 Å². The first-order chi connectivity index (χ1) is 15.1. The van der Waals surface area contributed by atoms with Gasteiger partial charge in [0.25, 0.3) is 0 Å². The van der Waals surface area contributed by atoms with E-state index >= 15 is 0 Å². The van der Waals surface area contributed by atoms with Crippen molar-refractivity contribution in [1.82, 2.24) is 15.5 Å². The second-order valence-electron chi connectivity index (χ2n) is 7.72. The van der Waals surface area contributed by atoms with Gasteiger partial charge in [0.2, 0.25) is 5.13 Å². The highest BCUT2D eigenvalue weighted by Gasteiger charge is 2.16. The number of aryl methyl sites for hydroxylation is 2. The van der Waals surface area contributed by atoms with Gasteiger partial charge in [-0.3, -0.25) is 0 Å². The van der Waals surface area contributed by atoms with Gasteiger partial charge >= 0.3 is 0 Å². The van der Waals surface area contributed by atoms with Crippen molar-refractivity contribution in [2.24, 2.45) is 0 Å². The Morgan fingerprint density at radius 3 is 2.71 bits per heavy atom. The van der Waals surface area contributed by atoms with E-state index in [0.717, 1.165) is 53.1 Å². The van der Waals surface area contributed by atoms with Crippen LogP contribution in [-0.2, 0) is 13.2 Å². The maximum atomic E-state index is 6.44. The van der Waals surface area contributed by atoms with Gasteiger partial charge in [-0.05, 0) is 80.7 Å². The molecule has 1 fully saturated rings. The molecule has 0 atom stereocenters. The molecule has 0 radical (unpaired) electrons. The Balaban J connectivity index is 1.27.